The molecule has 3 heteroatoms. The van der Waals surface area contributed by atoms with E-state index in [-0.39, 0.29) is 6.10 Å². The largest absolute Gasteiger partial charge is 0.411 e. The summed E-state index contributed by atoms with van der Waals surface area (Å²) in [4.78, 5) is 0. The lowest BCUT2D eigenvalue weighted by atomic mass is 10.1. The Morgan fingerprint density at radius 1 is 1.73 bits per heavy atom. The monoisotopic (exact) mass is 157 g/mol. The first-order chi connectivity index (χ1) is 5.35. The van der Waals surface area contributed by atoms with Crippen LogP contribution in [0.1, 0.15) is 19.3 Å². The lowest BCUT2D eigenvalue weighted by Crippen LogP contribution is -2.10. The summed E-state index contributed by atoms with van der Waals surface area (Å²) in [5, 5.41) is 11.0. The van der Waals surface area contributed by atoms with Crippen LogP contribution in [0.15, 0.2) is 17.8 Å². The first-order valence-electron chi connectivity index (χ1n) is 3.64. The Morgan fingerprint density at radius 2 is 2.45 bits per heavy atom. The maximum absolute atomic E-state index is 8.13. The van der Waals surface area contributed by atoms with Crippen LogP contribution in [0.5, 0.6) is 0 Å². The van der Waals surface area contributed by atoms with Crippen LogP contribution in [0.3, 0.4) is 0 Å². The van der Waals surface area contributed by atoms with Crippen LogP contribution in [-0.4, -0.2) is 24.6 Å². The highest BCUT2D eigenvalue weighted by Crippen LogP contribution is 2.04. The number of hydrogen-bond donors (Lipinski definition) is 1. The third kappa shape index (κ3) is 5.61. The molecule has 0 aliphatic rings. The van der Waals surface area contributed by atoms with Gasteiger partial charge in [-0.1, -0.05) is 6.08 Å². The first-order valence-corrected chi connectivity index (χ1v) is 3.64. The molecule has 1 N–H and O–H groups in total. The molecule has 0 aliphatic heterocycles. The zero-order valence-corrected chi connectivity index (χ0v) is 6.86. The molecule has 0 saturated heterocycles. The van der Waals surface area contributed by atoms with Crippen LogP contribution < -0.4 is 0 Å². The van der Waals surface area contributed by atoms with Gasteiger partial charge in [0.15, 0.2) is 0 Å². The molecule has 0 aromatic heterocycles. The predicted molar refractivity (Wildman–Crippen MR) is 45.1 cm³/mol. The second-order valence-corrected chi connectivity index (χ2v) is 2.26. The average Bonchev–Trinajstić information content (AvgIpc) is 2.05. The summed E-state index contributed by atoms with van der Waals surface area (Å²) in [6, 6.07) is 0. The van der Waals surface area contributed by atoms with E-state index in [1.165, 1.54) is 6.21 Å². The van der Waals surface area contributed by atoms with Gasteiger partial charge in [-0.3, -0.25) is 0 Å². The number of oxime groups is 1. The van der Waals surface area contributed by atoms with Crippen molar-refractivity contribution in [2.75, 3.05) is 7.11 Å². The second-order valence-electron chi connectivity index (χ2n) is 2.26. The molecule has 1 atom stereocenters. The fourth-order valence-electron chi connectivity index (χ4n) is 0.800. The van der Waals surface area contributed by atoms with Gasteiger partial charge in [-0.25, -0.2) is 0 Å². The molecule has 0 radical (unpaired) electrons. The molecule has 64 valence electrons. The van der Waals surface area contributed by atoms with E-state index in [1.807, 2.05) is 6.08 Å². The quantitative estimate of drug-likeness (QED) is 0.276. The fraction of sp³-hybridized carbons (Fsp3) is 0.625. The van der Waals surface area contributed by atoms with Crippen molar-refractivity contribution in [3.05, 3.63) is 12.7 Å². The van der Waals surface area contributed by atoms with Gasteiger partial charge in [0.05, 0.1) is 6.10 Å². The van der Waals surface area contributed by atoms with Crippen molar-refractivity contribution in [3.63, 3.8) is 0 Å². The number of methoxy groups -OCH3 is 1. The third-order valence-corrected chi connectivity index (χ3v) is 1.48. The van der Waals surface area contributed by atoms with E-state index >= 15 is 0 Å². The third-order valence-electron chi connectivity index (χ3n) is 1.48. The summed E-state index contributed by atoms with van der Waals surface area (Å²) in [7, 11) is 1.65. The lowest BCUT2D eigenvalue weighted by molar-refractivity contribution is 0.102. The molecule has 0 spiro atoms. The molecule has 3 nitrogen and oxygen atoms in total. The summed E-state index contributed by atoms with van der Waals surface area (Å²) in [5.41, 5.74) is 0. The second kappa shape index (κ2) is 7.28. The van der Waals surface area contributed by atoms with Crippen molar-refractivity contribution in [2.24, 2.45) is 5.16 Å². The molecule has 0 amide bonds. The molecule has 1 unspecified atom stereocenters. The Hall–Kier alpha value is -0.830. The maximum atomic E-state index is 8.13. The minimum absolute atomic E-state index is 0.142. The topological polar surface area (TPSA) is 41.8 Å². The Kier molecular flexibility index (Phi) is 6.73. The predicted octanol–water partition coefficient (Wildman–Crippen LogP) is 1.82. The van der Waals surface area contributed by atoms with Gasteiger partial charge in [-0.15, -0.1) is 11.7 Å². The van der Waals surface area contributed by atoms with Gasteiger partial charge in [-0.2, -0.15) is 0 Å². The van der Waals surface area contributed by atoms with Crippen LogP contribution in [0.4, 0.5) is 0 Å². The normalized spacial score (nSPS) is 13.5. The van der Waals surface area contributed by atoms with Crippen LogP contribution in [0.2, 0.25) is 0 Å². The smallest absolute Gasteiger partial charge is 0.0624 e. The highest BCUT2D eigenvalue weighted by atomic mass is 16.5. The molecule has 11 heavy (non-hydrogen) atoms. The van der Waals surface area contributed by atoms with Crippen molar-refractivity contribution < 1.29 is 9.94 Å². The Bertz CT molecular complexity index is 123. The van der Waals surface area contributed by atoms with Crippen LogP contribution in [0, 0.1) is 0 Å². The van der Waals surface area contributed by atoms with E-state index < -0.39 is 0 Å². The molecule has 0 aromatic carbocycles. The van der Waals surface area contributed by atoms with E-state index in [1.54, 1.807) is 7.11 Å². The maximum Gasteiger partial charge on any atom is 0.0624 e. The summed E-state index contributed by atoms with van der Waals surface area (Å²) in [5.74, 6) is 0. The molecule has 0 fully saturated rings. The standard InChI is InChI=1S/C8H15NO2/c1-3-4-5-8(11-2)6-7-9-10/h3,7-8,10H,1,4-6H2,2H3/b9-7+. The Balaban J connectivity index is 3.48. The zero-order chi connectivity index (χ0) is 8.53. The number of rotatable bonds is 6. The molecule has 0 bridgehead atoms. The van der Waals surface area contributed by atoms with Crippen LogP contribution >= 0.6 is 0 Å². The van der Waals surface area contributed by atoms with Crippen molar-refractivity contribution in [2.45, 2.75) is 25.4 Å². The van der Waals surface area contributed by atoms with E-state index in [4.69, 9.17) is 9.94 Å². The lowest BCUT2D eigenvalue weighted by Gasteiger charge is -2.10. The summed E-state index contributed by atoms with van der Waals surface area (Å²) in [6.07, 6.45) is 5.94. The Morgan fingerprint density at radius 3 is 2.91 bits per heavy atom. The minimum atomic E-state index is 0.142. The van der Waals surface area contributed by atoms with Gasteiger partial charge in [0.1, 0.15) is 0 Å². The van der Waals surface area contributed by atoms with Crippen LogP contribution in [0.25, 0.3) is 0 Å². The van der Waals surface area contributed by atoms with E-state index in [9.17, 15) is 0 Å². The highest BCUT2D eigenvalue weighted by molar-refractivity contribution is 5.56. The van der Waals surface area contributed by atoms with Crippen molar-refractivity contribution in [1.29, 1.82) is 0 Å². The van der Waals surface area contributed by atoms with Gasteiger partial charge in [0.2, 0.25) is 0 Å². The number of nitrogens with zero attached hydrogens (tertiary/aromatic N) is 1. The van der Waals surface area contributed by atoms with E-state index in [0.29, 0.717) is 6.42 Å². The van der Waals surface area contributed by atoms with Gasteiger partial charge >= 0.3 is 0 Å². The van der Waals surface area contributed by atoms with Crippen LogP contribution in [-0.2, 0) is 4.74 Å². The molecule has 0 saturated carbocycles. The van der Waals surface area contributed by atoms with Gasteiger partial charge in [0.25, 0.3) is 0 Å². The molecular formula is C8H15NO2. The van der Waals surface area contributed by atoms with Gasteiger partial charge in [-0.05, 0) is 12.8 Å². The summed E-state index contributed by atoms with van der Waals surface area (Å²) < 4.78 is 5.10. The van der Waals surface area contributed by atoms with E-state index in [2.05, 4.69) is 11.7 Å². The average molecular weight is 157 g/mol. The van der Waals surface area contributed by atoms with Gasteiger partial charge in [0, 0.05) is 19.7 Å². The zero-order valence-electron chi connectivity index (χ0n) is 6.86. The Labute approximate surface area is 67.4 Å². The molecule has 0 heterocycles. The molecule has 0 rings (SSSR count). The number of allylic oxidation sites excluding steroid dienone is 1. The van der Waals surface area contributed by atoms with Crippen molar-refractivity contribution >= 4 is 6.21 Å². The van der Waals surface area contributed by atoms with E-state index in [0.717, 1.165) is 12.8 Å². The SMILES string of the molecule is C=CCCC(C/C=N/O)OC. The molecule has 0 aliphatic carbocycles. The molecular weight excluding hydrogens is 142 g/mol. The highest BCUT2D eigenvalue weighted by Gasteiger charge is 2.02. The minimum Gasteiger partial charge on any atom is -0.411 e. The van der Waals surface area contributed by atoms with Crippen molar-refractivity contribution in [3.8, 4) is 0 Å². The number of ether oxygens (including phenoxy) is 1. The first kappa shape index (κ1) is 10.2. The summed E-state index contributed by atoms with van der Waals surface area (Å²) in [6.45, 7) is 3.61. The van der Waals surface area contributed by atoms with Crippen molar-refractivity contribution in [1.82, 2.24) is 0 Å². The summed E-state index contributed by atoms with van der Waals surface area (Å²) >= 11 is 0. The fourth-order valence-corrected chi connectivity index (χ4v) is 0.800. The van der Waals surface area contributed by atoms with Gasteiger partial charge < -0.3 is 9.94 Å². The molecule has 0 aromatic rings. The number of hydrogen-bond acceptors (Lipinski definition) is 3.